The van der Waals surface area contributed by atoms with Crippen LogP contribution in [0.1, 0.15) is 104 Å². The number of benzene rings is 2. The molecule has 23 heteroatoms. The molecule has 4 fully saturated rings. The number of phenolic OH excluding ortho intramolecular Hbond substituents is 1. The van der Waals surface area contributed by atoms with E-state index in [0.717, 1.165) is 36.6 Å². The smallest absolute Gasteiger partial charge is 0.410 e. The summed E-state index contributed by atoms with van der Waals surface area (Å²) >= 11 is 5.96. The number of phenols is 1. The summed E-state index contributed by atoms with van der Waals surface area (Å²) in [4.78, 5) is 43.8. The molecule has 0 unspecified atom stereocenters. The fourth-order valence-corrected chi connectivity index (χ4v) is 10.6. The Hall–Kier alpha value is -5.61. The first-order valence-electron chi connectivity index (χ1n) is 23.2. The third-order valence-electron chi connectivity index (χ3n) is 11.3. The number of carbonyl (C=O) groups excluding carboxylic acids is 2. The largest absolute Gasteiger partial charge is 0.505 e. The van der Waals surface area contributed by atoms with Gasteiger partial charge in [-0.2, -0.15) is 0 Å². The topological polar surface area (TPSA) is 227 Å². The lowest BCUT2D eigenvalue weighted by Gasteiger charge is -2.33. The van der Waals surface area contributed by atoms with Crippen LogP contribution in [0, 0.1) is 25.5 Å². The van der Waals surface area contributed by atoms with Crippen molar-refractivity contribution in [1.82, 2.24) is 29.7 Å². The lowest BCUT2D eigenvalue weighted by molar-refractivity contribution is 0.0110. The summed E-state index contributed by atoms with van der Waals surface area (Å²) in [6, 6.07) is 6.77. The first kappa shape index (κ1) is 54.7. The molecule has 2 saturated heterocycles. The van der Waals surface area contributed by atoms with Gasteiger partial charge in [0, 0.05) is 57.4 Å². The number of carbonyl (C=O) groups is 2. The Morgan fingerprint density at radius 1 is 0.620 bits per heavy atom. The molecule has 2 aromatic heterocycles. The van der Waals surface area contributed by atoms with Crippen molar-refractivity contribution in [2.75, 3.05) is 26.2 Å². The first-order valence-corrected chi connectivity index (χ1v) is 26.7. The number of rotatable bonds is 10. The number of hydrogen-bond donors (Lipinski definition) is 1. The van der Waals surface area contributed by atoms with Crippen molar-refractivity contribution in [1.29, 1.82) is 0 Å². The molecule has 2 saturated carbocycles. The first-order chi connectivity index (χ1) is 33.2. The molecular formula is C48H61ClF2N6O12S2. The molecule has 18 nitrogen and oxygen atoms in total. The van der Waals surface area contributed by atoms with Crippen LogP contribution in [0.15, 0.2) is 58.8 Å². The van der Waals surface area contributed by atoms with Crippen molar-refractivity contribution in [2.24, 2.45) is 0 Å². The van der Waals surface area contributed by atoms with Crippen LogP contribution in [0.2, 0.25) is 5.15 Å². The quantitative estimate of drug-likeness (QED) is 0.146. The van der Waals surface area contributed by atoms with E-state index < -0.39 is 53.5 Å². The van der Waals surface area contributed by atoms with Crippen molar-refractivity contribution in [2.45, 2.75) is 150 Å². The molecule has 4 heterocycles. The van der Waals surface area contributed by atoms with E-state index in [4.69, 9.17) is 40.4 Å². The van der Waals surface area contributed by atoms with E-state index in [0.29, 0.717) is 87.2 Å². The summed E-state index contributed by atoms with van der Waals surface area (Å²) in [6.07, 6.45) is 7.05. The third kappa shape index (κ3) is 15.2. The molecule has 0 atom stereocenters. The summed E-state index contributed by atoms with van der Waals surface area (Å²) in [5.41, 5.74) is 0.193. The fraction of sp³-hybridized carbons (Fsp3) is 0.542. The molecule has 4 aromatic rings. The Bertz CT molecular complexity index is 2770. The number of nitrogens with zero attached hydrogens (tertiary/aromatic N) is 6. The van der Waals surface area contributed by atoms with Gasteiger partial charge in [-0.3, -0.25) is 0 Å². The van der Waals surface area contributed by atoms with E-state index in [1.54, 1.807) is 16.7 Å². The van der Waals surface area contributed by atoms with Gasteiger partial charge in [0.25, 0.3) is 0 Å². The zero-order chi connectivity index (χ0) is 52.1. The summed E-state index contributed by atoms with van der Waals surface area (Å²) in [5.74, 6) is -1.43. The van der Waals surface area contributed by atoms with Crippen LogP contribution in [0.5, 0.6) is 29.1 Å². The molecule has 71 heavy (non-hydrogen) atoms. The summed E-state index contributed by atoms with van der Waals surface area (Å²) < 4.78 is 104. The second-order valence-electron chi connectivity index (χ2n) is 19.6. The van der Waals surface area contributed by atoms with Crippen LogP contribution in [0.3, 0.4) is 0 Å². The maximum absolute atomic E-state index is 14.7. The predicted octanol–water partition coefficient (Wildman–Crippen LogP) is 9.11. The van der Waals surface area contributed by atoms with Crippen LogP contribution in [-0.4, -0.2) is 124 Å². The number of aromatic hydroxyl groups is 1. The van der Waals surface area contributed by atoms with Gasteiger partial charge in [-0.25, -0.2) is 55.1 Å². The Morgan fingerprint density at radius 2 is 1.03 bits per heavy atom. The van der Waals surface area contributed by atoms with Gasteiger partial charge in [0.05, 0.1) is 25.9 Å². The Balaban J connectivity index is 0.000000194. The van der Waals surface area contributed by atoms with Gasteiger partial charge in [-0.1, -0.05) is 11.6 Å². The van der Waals surface area contributed by atoms with Crippen molar-refractivity contribution in [3.63, 3.8) is 0 Å². The molecule has 2 amide bonds. The van der Waals surface area contributed by atoms with Gasteiger partial charge in [-0.05, 0) is 117 Å². The lowest BCUT2D eigenvalue weighted by Crippen LogP contribution is -2.44. The second-order valence-corrected chi connectivity index (χ2v) is 24.4. The normalized spacial score (nSPS) is 16.9. The highest BCUT2D eigenvalue weighted by Gasteiger charge is 2.38. The lowest BCUT2D eigenvalue weighted by atomic mass is 10.1. The molecule has 4 aliphatic rings. The van der Waals surface area contributed by atoms with Gasteiger partial charge < -0.3 is 38.6 Å². The average Bonchev–Trinajstić information content (AvgIpc) is 4.22. The van der Waals surface area contributed by atoms with Crippen LogP contribution in [-0.2, 0) is 29.1 Å². The minimum absolute atomic E-state index is 0.0170. The van der Waals surface area contributed by atoms with Gasteiger partial charge in [-0.15, -0.1) is 0 Å². The summed E-state index contributed by atoms with van der Waals surface area (Å²) in [6.45, 7) is 16.8. The number of sulfone groups is 2. The van der Waals surface area contributed by atoms with E-state index in [-0.39, 0.29) is 51.1 Å². The SMILES string of the molecule is Cc1c(Cl)ncnc1OC1CCN(C(=O)OC(C)(C)C)CC1.Cc1c(Oc2ccc(S(=O)(=O)C3CC3)cc2F)ncnc1OC1CCN(C(=O)OC(C)(C)C)CC1.O=S(=O)(c1ccc(O)c(F)c1)C1CC1. The van der Waals surface area contributed by atoms with E-state index in [1.165, 1.54) is 30.9 Å². The fourth-order valence-electron chi connectivity index (χ4n) is 7.11. The Labute approximate surface area is 418 Å². The van der Waals surface area contributed by atoms with Crippen molar-refractivity contribution in [3.8, 4) is 29.1 Å². The van der Waals surface area contributed by atoms with E-state index in [2.05, 4.69) is 19.9 Å². The minimum Gasteiger partial charge on any atom is -0.505 e. The highest BCUT2D eigenvalue weighted by molar-refractivity contribution is 7.92. The molecule has 2 aromatic carbocycles. The number of hydrogen-bond acceptors (Lipinski definition) is 16. The molecule has 0 radical (unpaired) electrons. The van der Waals surface area contributed by atoms with E-state index in [1.807, 2.05) is 48.5 Å². The molecule has 0 spiro atoms. The Kier molecular flexibility index (Phi) is 17.3. The average molecular weight is 1050 g/mol. The molecule has 1 N–H and O–H groups in total. The molecule has 2 aliphatic heterocycles. The summed E-state index contributed by atoms with van der Waals surface area (Å²) in [5, 5.41) is 8.52. The number of piperidine rings is 2. The molecular weight excluding hydrogens is 990 g/mol. The molecule has 388 valence electrons. The van der Waals surface area contributed by atoms with Gasteiger partial charge in [0.15, 0.2) is 42.8 Å². The maximum Gasteiger partial charge on any atom is 0.410 e. The van der Waals surface area contributed by atoms with Crippen LogP contribution in [0.4, 0.5) is 18.4 Å². The maximum atomic E-state index is 14.7. The molecule has 2 aliphatic carbocycles. The Morgan fingerprint density at radius 3 is 1.45 bits per heavy atom. The highest BCUT2D eigenvalue weighted by Crippen LogP contribution is 2.37. The van der Waals surface area contributed by atoms with E-state index in [9.17, 15) is 35.2 Å². The number of likely N-dealkylation sites (tertiary alicyclic amines) is 2. The number of ether oxygens (including phenoxy) is 5. The summed E-state index contributed by atoms with van der Waals surface area (Å²) in [7, 11) is -6.86. The van der Waals surface area contributed by atoms with Crippen LogP contribution >= 0.6 is 11.6 Å². The highest BCUT2D eigenvalue weighted by atomic mass is 35.5. The monoisotopic (exact) mass is 1050 g/mol. The van der Waals surface area contributed by atoms with Gasteiger partial charge in [0.1, 0.15) is 41.2 Å². The van der Waals surface area contributed by atoms with Gasteiger partial charge in [0.2, 0.25) is 17.6 Å². The number of halogens is 3. The minimum atomic E-state index is -3.50. The number of amides is 2. The zero-order valence-electron chi connectivity index (χ0n) is 41.0. The van der Waals surface area contributed by atoms with Crippen molar-refractivity contribution in [3.05, 3.63) is 77.0 Å². The van der Waals surface area contributed by atoms with Gasteiger partial charge >= 0.3 is 12.2 Å². The van der Waals surface area contributed by atoms with Crippen molar-refractivity contribution < 1.29 is 64.0 Å². The number of aromatic nitrogens is 4. The van der Waals surface area contributed by atoms with Crippen LogP contribution in [0.25, 0.3) is 0 Å². The van der Waals surface area contributed by atoms with Crippen molar-refractivity contribution >= 4 is 43.5 Å². The standard InChI is InChI=1S/C24H30FN3O6S.C15H22ClN3O3.C9H9FO3S/c1-15-21(32-16-9-11-28(12-10-16)23(29)34-24(2,3)4)26-14-27-22(15)33-20-8-7-18(13-19(20)25)35(30,31)17-5-6-17;1-10-12(16)17-9-18-13(10)21-11-5-7-19(8-6-11)14(20)22-15(2,3)4;10-8-5-7(3-4-9(8)11)14(12,13)6-1-2-6/h7-8,13-14,16-17H,5-6,9-12H2,1-4H3;9,11H,5-8H2,1-4H3;3-6,11H,1-2H2. The zero-order valence-corrected chi connectivity index (χ0v) is 43.4. The van der Waals surface area contributed by atoms with E-state index >= 15 is 0 Å². The predicted molar refractivity (Wildman–Crippen MR) is 256 cm³/mol. The third-order valence-corrected chi connectivity index (χ3v) is 16.2. The molecule has 0 bridgehead atoms. The van der Waals surface area contributed by atoms with Crippen LogP contribution < -0.4 is 14.2 Å². The molecule has 8 rings (SSSR count). The second kappa shape index (κ2) is 22.4.